The number of hydrogen-bond acceptors (Lipinski definition) is 5. The van der Waals surface area contributed by atoms with Crippen molar-refractivity contribution < 1.29 is 28.2 Å². The van der Waals surface area contributed by atoms with Crippen molar-refractivity contribution in [1.82, 2.24) is 0 Å². The second-order valence-electron chi connectivity index (χ2n) is 6.17. The van der Waals surface area contributed by atoms with Crippen LogP contribution in [0, 0.1) is 5.82 Å². The van der Waals surface area contributed by atoms with Gasteiger partial charge in [-0.15, -0.1) is 0 Å². The van der Waals surface area contributed by atoms with E-state index in [0.29, 0.717) is 18.9 Å². The molecule has 7 heteroatoms. The van der Waals surface area contributed by atoms with E-state index < -0.39 is 17.9 Å². The molecule has 0 saturated carbocycles. The summed E-state index contributed by atoms with van der Waals surface area (Å²) in [7, 11) is 0. The Morgan fingerprint density at radius 1 is 1.31 bits per heavy atom. The van der Waals surface area contributed by atoms with Gasteiger partial charge >= 0.3 is 5.97 Å². The average molecular weight is 367 g/mol. The molecule has 0 spiro atoms. The monoisotopic (exact) mass is 367 g/mol. The molecule has 6 nitrogen and oxygen atoms in total. The molecule has 2 atom stereocenters. The Morgan fingerprint density at radius 3 is 2.65 bits per heavy atom. The van der Waals surface area contributed by atoms with Gasteiger partial charge in [0.05, 0.1) is 19.3 Å². The second-order valence-corrected chi connectivity index (χ2v) is 6.17. The number of hydrogen-bond donors (Lipinski definition) is 0. The van der Waals surface area contributed by atoms with Gasteiger partial charge in [0.25, 0.3) is 5.91 Å². The molecule has 1 aliphatic rings. The van der Waals surface area contributed by atoms with Crippen LogP contribution >= 0.6 is 0 Å². The number of halogens is 1. The fraction of sp³-hybridized carbons (Fsp3) is 0.579. The molecular formula is C19H26FNO5. The van der Waals surface area contributed by atoms with E-state index in [1.165, 1.54) is 29.2 Å². The van der Waals surface area contributed by atoms with Gasteiger partial charge < -0.3 is 14.2 Å². The molecule has 2 unspecified atom stereocenters. The number of amides is 1. The van der Waals surface area contributed by atoms with Gasteiger partial charge in [-0.1, -0.05) is 0 Å². The third kappa shape index (κ3) is 6.07. The second kappa shape index (κ2) is 10.2. The summed E-state index contributed by atoms with van der Waals surface area (Å²) < 4.78 is 29.4. The number of benzene rings is 1. The van der Waals surface area contributed by atoms with Crippen molar-refractivity contribution >= 4 is 17.6 Å². The van der Waals surface area contributed by atoms with Gasteiger partial charge in [0.1, 0.15) is 18.5 Å². The predicted molar refractivity (Wildman–Crippen MR) is 94.4 cm³/mol. The maximum atomic E-state index is 13.2. The van der Waals surface area contributed by atoms with Gasteiger partial charge in [-0.25, -0.2) is 4.39 Å². The fourth-order valence-electron chi connectivity index (χ4n) is 2.73. The molecule has 1 heterocycles. The number of esters is 1. The van der Waals surface area contributed by atoms with E-state index in [1.54, 1.807) is 13.8 Å². The maximum Gasteiger partial charge on any atom is 0.326 e. The van der Waals surface area contributed by atoms with Crippen LogP contribution in [0.4, 0.5) is 10.1 Å². The van der Waals surface area contributed by atoms with Crippen molar-refractivity contribution in [3.8, 4) is 0 Å². The smallest absolute Gasteiger partial charge is 0.326 e. The molecule has 1 aliphatic heterocycles. The zero-order valence-corrected chi connectivity index (χ0v) is 15.3. The van der Waals surface area contributed by atoms with E-state index in [4.69, 9.17) is 14.2 Å². The lowest BCUT2D eigenvalue weighted by molar-refractivity contribution is -0.143. The maximum absolute atomic E-state index is 13.2. The van der Waals surface area contributed by atoms with Gasteiger partial charge in [0.15, 0.2) is 0 Å². The molecule has 1 aromatic rings. The van der Waals surface area contributed by atoms with E-state index in [1.807, 2.05) is 0 Å². The van der Waals surface area contributed by atoms with E-state index in [2.05, 4.69) is 0 Å². The first-order valence-corrected chi connectivity index (χ1v) is 8.97. The lowest BCUT2D eigenvalue weighted by Gasteiger charge is -2.27. The summed E-state index contributed by atoms with van der Waals surface area (Å²) in [5.74, 6) is -1.34. The first-order valence-electron chi connectivity index (χ1n) is 8.97. The SMILES string of the molecule is CCOC(=O)CN(C(=O)C(C)OCC1CCCCO1)c1ccc(F)cc1. The Hall–Kier alpha value is -1.99. The lowest BCUT2D eigenvalue weighted by atomic mass is 10.1. The zero-order chi connectivity index (χ0) is 18.9. The Bertz CT molecular complexity index is 586. The molecular weight excluding hydrogens is 341 g/mol. The van der Waals surface area contributed by atoms with Gasteiger partial charge in [0.2, 0.25) is 0 Å². The topological polar surface area (TPSA) is 65.1 Å². The van der Waals surface area contributed by atoms with Crippen LogP contribution < -0.4 is 4.90 Å². The minimum atomic E-state index is -0.764. The number of ether oxygens (including phenoxy) is 3. The van der Waals surface area contributed by atoms with Crippen LogP contribution in [-0.2, 0) is 23.8 Å². The summed E-state index contributed by atoms with van der Waals surface area (Å²) in [5, 5.41) is 0. The minimum Gasteiger partial charge on any atom is -0.465 e. The molecule has 1 saturated heterocycles. The number of carbonyl (C=O) groups excluding carboxylic acids is 2. The highest BCUT2D eigenvalue weighted by atomic mass is 19.1. The molecule has 0 aliphatic carbocycles. The summed E-state index contributed by atoms with van der Waals surface area (Å²) in [6.07, 6.45) is 2.26. The molecule has 1 amide bonds. The highest BCUT2D eigenvalue weighted by Gasteiger charge is 2.26. The molecule has 0 bridgehead atoms. The minimum absolute atomic E-state index is 0.0108. The van der Waals surface area contributed by atoms with Crippen molar-refractivity contribution in [2.45, 2.75) is 45.3 Å². The van der Waals surface area contributed by atoms with Crippen LogP contribution in [0.3, 0.4) is 0 Å². The van der Waals surface area contributed by atoms with Gasteiger partial charge in [-0.05, 0) is 57.4 Å². The fourth-order valence-corrected chi connectivity index (χ4v) is 2.73. The quantitative estimate of drug-likeness (QED) is 0.661. The van der Waals surface area contributed by atoms with Crippen LogP contribution in [0.5, 0.6) is 0 Å². The summed E-state index contributed by atoms with van der Waals surface area (Å²) in [6, 6.07) is 5.37. The first kappa shape index (κ1) is 20.3. The van der Waals surface area contributed by atoms with Crippen molar-refractivity contribution in [1.29, 1.82) is 0 Å². The highest BCUT2D eigenvalue weighted by molar-refractivity contribution is 6.00. The first-order chi connectivity index (χ1) is 12.5. The number of anilines is 1. The molecule has 26 heavy (non-hydrogen) atoms. The molecule has 1 aromatic carbocycles. The van der Waals surface area contributed by atoms with Crippen LogP contribution in [-0.4, -0.2) is 50.4 Å². The van der Waals surface area contributed by atoms with Gasteiger partial charge in [-0.3, -0.25) is 14.5 Å². The molecule has 144 valence electrons. The van der Waals surface area contributed by atoms with E-state index in [-0.39, 0.29) is 25.2 Å². The Labute approximate surface area is 153 Å². The molecule has 2 rings (SSSR count). The Balaban J connectivity index is 2.02. The van der Waals surface area contributed by atoms with E-state index >= 15 is 0 Å². The van der Waals surface area contributed by atoms with E-state index in [9.17, 15) is 14.0 Å². The molecule has 0 N–H and O–H groups in total. The summed E-state index contributed by atoms with van der Waals surface area (Å²) in [6.45, 7) is 4.32. The summed E-state index contributed by atoms with van der Waals surface area (Å²) in [4.78, 5) is 25.9. The van der Waals surface area contributed by atoms with Crippen molar-refractivity contribution in [2.24, 2.45) is 0 Å². The number of rotatable bonds is 8. The van der Waals surface area contributed by atoms with Crippen molar-refractivity contribution in [3.05, 3.63) is 30.1 Å². The van der Waals surface area contributed by atoms with Gasteiger partial charge in [-0.2, -0.15) is 0 Å². The van der Waals surface area contributed by atoms with E-state index in [0.717, 1.165) is 19.3 Å². The predicted octanol–water partition coefficient (Wildman–Crippen LogP) is 2.70. The summed E-state index contributed by atoms with van der Waals surface area (Å²) in [5.41, 5.74) is 0.411. The molecule has 1 fully saturated rings. The van der Waals surface area contributed by atoms with Crippen LogP contribution in [0.1, 0.15) is 33.1 Å². The van der Waals surface area contributed by atoms with Crippen molar-refractivity contribution in [2.75, 3.05) is 31.3 Å². The van der Waals surface area contributed by atoms with Crippen LogP contribution in [0.2, 0.25) is 0 Å². The van der Waals surface area contributed by atoms with Gasteiger partial charge in [0, 0.05) is 12.3 Å². The van der Waals surface area contributed by atoms with Crippen LogP contribution in [0.15, 0.2) is 24.3 Å². The summed E-state index contributed by atoms with van der Waals surface area (Å²) >= 11 is 0. The highest BCUT2D eigenvalue weighted by Crippen LogP contribution is 2.18. The van der Waals surface area contributed by atoms with Crippen LogP contribution in [0.25, 0.3) is 0 Å². The normalized spacial score (nSPS) is 18.2. The largest absolute Gasteiger partial charge is 0.465 e. The lowest BCUT2D eigenvalue weighted by Crippen LogP contribution is -2.43. The van der Waals surface area contributed by atoms with Crippen molar-refractivity contribution in [3.63, 3.8) is 0 Å². The average Bonchev–Trinajstić information content (AvgIpc) is 2.65. The number of carbonyl (C=O) groups is 2. The molecule has 0 radical (unpaired) electrons. The number of nitrogens with zero attached hydrogens (tertiary/aromatic N) is 1. The molecule has 0 aromatic heterocycles. The third-order valence-electron chi connectivity index (χ3n) is 4.15. The standard InChI is InChI=1S/C19H26FNO5/c1-3-24-18(22)12-21(16-9-7-15(20)8-10-16)19(23)14(2)26-13-17-6-4-5-11-25-17/h7-10,14,17H,3-6,11-13H2,1-2H3. The Kier molecular flexibility index (Phi) is 8.00. The zero-order valence-electron chi connectivity index (χ0n) is 15.3. The third-order valence-corrected chi connectivity index (χ3v) is 4.15. The Morgan fingerprint density at radius 2 is 2.04 bits per heavy atom.